The maximum atomic E-state index is 12.3. The van der Waals surface area contributed by atoms with Crippen LogP contribution in [-0.4, -0.2) is 5.91 Å². The summed E-state index contributed by atoms with van der Waals surface area (Å²) in [5, 5.41) is 0. The molecule has 0 fully saturated rings. The topological polar surface area (TPSA) is 46.3 Å². The minimum atomic E-state index is 0.165. The van der Waals surface area contributed by atoms with Crippen molar-refractivity contribution < 1.29 is 4.79 Å². The van der Waals surface area contributed by atoms with Gasteiger partial charge in [0.1, 0.15) is 0 Å². The largest absolute Gasteiger partial charge is 0.399 e. The summed E-state index contributed by atoms with van der Waals surface area (Å²) in [4.78, 5) is 15.3. The first-order chi connectivity index (χ1) is 9.63. The molecule has 2 N–H and O–H groups in total. The molecule has 0 radical (unpaired) electrons. The lowest BCUT2D eigenvalue weighted by Gasteiger charge is -2.22. The van der Waals surface area contributed by atoms with Gasteiger partial charge in [-0.15, -0.1) is 11.3 Å². The number of hydrogen-bond donors (Lipinski definition) is 1. The lowest BCUT2D eigenvalue weighted by Crippen LogP contribution is -2.29. The van der Waals surface area contributed by atoms with Crippen molar-refractivity contribution in [2.45, 2.75) is 25.8 Å². The zero-order chi connectivity index (χ0) is 14.1. The highest BCUT2D eigenvalue weighted by atomic mass is 35.5. The van der Waals surface area contributed by atoms with Gasteiger partial charge in [-0.25, -0.2) is 0 Å². The number of benzene rings is 1. The van der Waals surface area contributed by atoms with Crippen molar-refractivity contribution in [3.63, 3.8) is 0 Å². The van der Waals surface area contributed by atoms with Crippen molar-refractivity contribution in [2.24, 2.45) is 0 Å². The molecule has 0 aliphatic carbocycles. The summed E-state index contributed by atoms with van der Waals surface area (Å²) < 4.78 is 0.750. The van der Waals surface area contributed by atoms with Gasteiger partial charge in [-0.2, -0.15) is 0 Å². The van der Waals surface area contributed by atoms with Crippen molar-refractivity contribution in [2.75, 3.05) is 10.6 Å². The van der Waals surface area contributed by atoms with E-state index in [2.05, 4.69) is 0 Å². The number of thiophene rings is 1. The van der Waals surface area contributed by atoms with Crippen molar-refractivity contribution in [3.8, 4) is 0 Å². The van der Waals surface area contributed by atoms with E-state index in [1.54, 1.807) is 0 Å². The molecule has 0 spiro atoms. The van der Waals surface area contributed by atoms with Crippen LogP contribution in [0.4, 0.5) is 11.4 Å². The summed E-state index contributed by atoms with van der Waals surface area (Å²) in [7, 11) is 0. The number of halogens is 1. The van der Waals surface area contributed by atoms with Gasteiger partial charge in [-0.05, 0) is 48.7 Å². The number of carbonyl (C=O) groups is 1. The quantitative estimate of drug-likeness (QED) is 0.857. The average Bonchev–Trinajstić information content (AvgIpc) is 2.75. The Labute approximate surface area is 127 Å². The Morgan fingerprint density at radius 1 is 1.25 bits per heavy atom. The second-order valence-corrected chi connectivity index (χ2v) is 6.73. The van der Waals surface area contributed by atoms with Gasteiger partial charge in [0.2, 0.25) is 5.91 Å². The maximum Gasteiger partial charge on any atom is 0.227 e. The molecule has 20 heavy (non-hydrogen) atoms. The van der Waals surface area contributed by atoms with Crippen LogP contribution in [0.15, 0.2) is 30.3 Å². The van der Waals surface area contributed by atoms with Crippen LogP contribution in [0.25, 0.3) is 0 Å². The van der Waals surface area contributed by atoms with E-state index in [0.717, 1.165) is 39.0 Å². The van der Waals surface area contributed by atoms with Crippen molar-refractivity contribution in [1.82, 2.24) is 0 Å². The molecular weight excluding hydrogens is 292 g/mol. The van der Waals surface area contributed by atoms with Crippen LogP contribution in [0.5, 0.6) is 0 Å². The molecule has 1 aromatic carbocycles. The molecule has 1 aromatic heterocycles. The van der Waals surface area contributed by atoms with Crippen LogP contribution in [0, 0.1) is 0 Å². The summed E-state index contributed by atoms with van der Waals surface area (Å²) in [6.45, 7) is 0.577. The van der Waals surface area contributed by atoms with Crippen LogP contribution in [0.3, 0.4) is 0 Å². The first-order valence-electron chi connectivity index (χ1n) is 6.56. The van der Waals surface area contributed by atoms with Gasteiger partial charge in [0, 0.05) is 22.7 Å². The number of hydrogen-bond acceptors (Lipinski definition) is 3. The molecule has 0 saturated heterocycles. The average molecular weight is 307 g/mol. The van der Waals surface area contributed by atoms with Crippen LogP contribution in [-0.2, 0) is 17.8 Å². The van der Waals surface area contributed by atoms with E-state index in [1.807, 2.05) is 35.2 Å². The first kappa shape index (κ1) is 13.5. The molecule has 0 saturated carbocycles. The summed E-state index contributed by atoms with van der Waals surface area (Å²) in [5.41, 5.74) is 8.73. The second-order valence-electron chi connectivity index (χ2n) is 4.93. The van der Waals surface area contributed by atoms with Gasteiger partial charge >= 0.3 is 0 Å². The van der Waals surface area contributed by atoms with E-state index in [4.69, 9.17) is 17.3 Å². The van der Waals surface area contributed by atoms with Crippen LogP contribution in [0.2, 0.25) is 4.34 Å². The van der Waals surface area contributed by atoms with Crippen molar-refractivity contribution >= 4 is 40.2 Å². The van der Waals surface area contributed by atoms with Crippen molar-refractivity contribution in [3.05, 3.63) is 45.1 Å². The van der Waals surface area contributed by atoms with Crippen LogP contribution >= 0.6 is 22.9 Å². The maximum absolute atomic E-state index is 12.3. The zero-order valence-corrected chi connectivity index (χ0v) is 12.5. The molecule has 3 nitrogen and oxygen atoms in total. The number of rotatable bonds is 2. The fraction of sp³-hybridized carbons (Fsp3) is 0.267. The number of amides is 1. The molecule has 0 atom stereocenters. The summed E-state index contributed by atoms with van der Waals surface area (Å²) >= 11 is 7.48. The SMILES string of the molecule is Nc1ccc2c(c1)CCCC(=O)N2Cc1ccc(Cl)s1. The fourth-order valence-electron chi connectivity index (χ4n) is 2.53. The molecule has 2 heterocycles. The minimum absolute atomic E-state index is 0.165. The highest BCUT2D eigenvalue weighted by Crippen LogP contribution is 2.31. The van der Waals surface area contributed by atoms with Crippen molar-refractivity contribution in [1.29, 1.82) is 0 Å². The molecule has 0 unspecified atom stereocenters. The highest BCUT2D eigenvalue weighted by Gasteiger charge is 2.22. The standard InChI is InChI=1S/C15H15ClN2OS/c16-14-7-5-12(20-14)9-18-13-6-4-11(17)8-10(13)2-1-3-15(18)19/h4-8H,1-3,9,17H2. The van der Waals surface area contributed by atoms with Gasteiger partial charge in [-0.1, -0.05) is 11.6 Å². The van der Waals surface area contributed by atoms with E-state index in [-0.39, 0.29) is 5.91 Å². The number of fused-ring (bicyclic) bond motifs is 1. The van der Waals surface area contributed by atoms with Gasteiger partial charge in [0.05, 0.1) is 10.9 Å². The van der Waals surface area contributed by atoms with E-state index in [9.17, 15) is 4.79 Å². The summed E-state index contributed by atoms with van der Waals surface area (Å²) in [5.74, 6) is 0.165. The van der Waals surface area contributed by atoms with Gasteiger partial charge in [-0.3, -0.25) is 4.79 Å². The zero-order valence-electron chi connectivity index (χ0n) is 10.9. The normalized spacial score (nSPS) is 15.1. The first-order valence-corrected chi connectivity index (χ1v) is 7.76. The number of nitrogen functional groups attached to an aromatic ring is 1. The second kappa shape index (κ2) is 5.46. The predicted molar refractivity (Wildman–Crippen MR) is 84.3 cm³/mol. The minimum Gasteiger partial charge on any atom is -0.399 e. The molecule has 1 amide bonds. The molecule has 2 aromatic rings. The molecular formula is C15H15ClN2OS. The number of nitrogens with two attached hydrogens (primary N) is 1. The van der Waals surface area contributed by atoms with E-state index in [1.165, 1.54) is 11.3 Å². The summed E-state index contributed by atoms with van der Waals surface area (Å²) in [6.07, 6.45) is 2.35. The number of nitrogens with zero attached hydrogens (tertiary/aromatic N) is 1. The summed E-state index contributed by atoms with van der Waals surface area (Å²) in [6, 6.07) is 9.62. The Morgan fingerprint density at radius 2 is 2.10 bits per heavy atom. The van der Waals surface area contributed by atoms with Gasteiger partial charge in [0.15, 0.2) is 0 Å². The molecule has 1 aliphatic rings. The number of anilines is 2. The lowest BCUT2D eigenvalue weighted by molar-refractivity contribution is -0.118. The molecule has 0 bridgehead atoms. The molecule has 3 rings (SSSR count). The molecule has 5 heteroatoms. The van der Waals surface area contributed by atoms with Crippen LogP contribution < -0.4 is 10.6 Å². The smallest absolute Gasteiger partial charge is 0.227 e. The predicted octanol–water partition coefficient (Wildman–Crippen LogP) is 3.85. The van der Waals surface area contributed by atoms with Gasteiger partial charge in [0.25, 0.3) is 0 Å². The van der Waals surface area contributed by atoms with E-state index >= 15 is 0 Å². The molecule has 1 aliphatic heterocycles. The van der Waals surface area contributed by atoms with E-state index < -0.39 is 0 Å². The molecule has 104 valence electrons. The van der Waals surface area contributed by atoms with Gasteiger partial charge < -0.3 is 10.6 Å². The Kier molecular flexibility index (Phi) is 3.68. The van der Waals surface area contributed by atoms with E-state index in [0.29, 0.717) is 13.0 Å². The third-order valence-corrected chi connectivity index (χ3v) is 4.69. The Balaban J connectivity index is 1.97. The lowest BCUT2D eigenvalue weighted by atomic mass is 10.1. The Bertz CT molecular complexity index is 653. The third-order valence-electron chi connectivity index (χ3n) is 3.47. The Morgan fingerprint density at radius 3 is 2.85 bits per heavy atom. The number of aryl methyl sites for hydroxylation is 1. The Hall–Kier alpha value is -1.52. The fourth-order valence-corrected chi connectivity index (χ4v) is 3.61. The monoisotopic (exact) mass is 306 g/mol. The highest BCUT2D eigenvalue weighted by molar-refractivity contribution is 7.16. The number of carbonyl (C=O) groups excluding carboxylic acids is 1. The third kappa shape index (κ3) is 2.67. The van der Waals surface area contributed by atoms with Crippen LogP contribution in [0.1, 0.15) is 23.3 Å².